The summed E-state index contributed by atoms with van der Waals surface area (Å²) < 4.78 is 17.3. The van der Waals surface area contributed by atoms with E-state index in [1.54, 1.807) is 12.1 Å². The van der Waals surface area contributed by atoms with Crippen LogP contribution in [0.4, 0.5) is 10.1 Å². The van der Waals surface area contributed by atoms with Crippen LogP contribution < -0.4 is 3.58 Å². The van der Waals surface area contributed by atoms with E-state index < -0.39 is 21.1 Å². The number of aliphatic imine (C=N–C) groups is 1. The molecule has 0 aliphatic carbocycles. The Bertz CT molecular complexity index is 1020. The molecular weight excluding hydrogens is 480 g/mol. The van der Waals surface area contributed by atoms with E-state index >= 15 is 0 Å². The average molecular weight is 508 g/mol. The number of nitrogens with zero attached hydrogens (tertiary/aromatic N) is 3. The molecule has 2 aromatic carbocycles. The minimum absolute atomic E-state index is 0.109. The number of hydrogen-bond acceptors (Lipinski definition) is 3. The molecule has 1 fully saturated rings. The standard InChI is InChI=1S/C25H28FN3.Sn/c1-4-19-15-22-16-21(18(2)20-5-8-23(26)9-6-20)7-10-24(22)27-25(19)17-29-13-11-28(3)12-14-29;/h2,5,7-10,16,19H,4,11-15,17H2,1,3H3;. The second-order valence-corrected chi connectivity index (χ2v) is 11.9. The topological polar surface area (TPSA) is 18.8 Å². The van der Waals surface area contributed by atoms with Crippen molar-refractivity contribution < 1.29 is 4.39 Å². The van der Waals surface area contributed by atoms with Crippen molar-refractivity contribution in [2.24, 2.45) is 10.9 Å². The van der Waals surface area contributed by atoms with Crippen LogP contribution in [0.15, 0.2) is 45.5 Å². The van der Waals surface area contributed by atoms with Gasteiger partial charge in [-0.15, -0.1) is 0 Å². The molecule has 3 aliphatic rings. The number of rotatable bonds is 4. The minimum atomic E-state index is -0.820. The second kappa shape index (κ2) is 8.56. The van der Waals surface area contributed by atoms with Gasteiger partial charge in [0.2, 0.25) is 0 Å². The van der Waals surface area contributed by atoms with Crippen molar-refractivity contribution in [3.63, 3.8) is 0 Å². The van der Waals surface area contributed by atoms with Gasteiger partial charge in [0.15, 0.2) is 0 Å². The quantitative estimate of drug-likeness (QED) is 0.590. The van der Waals surface area contributed by atoms with Crippen molar-refractivity contribution in [3.8, 4) is 0 Å². The molecule has 0 bridgehead atoms. The summed E-state index contributed by atoms with van der Waals surface area (Å²) in [6.45, 7) is 7.86. The molecule has 3 nitrogen and oxygen atoms in total. The fourth-order valence-electron chi connectivity index (χ4n) is 4.77. The molecule has 1 atom stereocenters. The number of piperazine rings is 1. The first kappa shape index (κ1) is 20.4. The predicted octanol–water partition coefficient (Wildman–Crippen LogP) is 3.46. The fourth-order valence-corrected chi connectivity index (χ4v) is 8.24. The monoisotopic (exact) mass is 509 g/mol. The van der Waals surface area contributed by atoms with Gasteiger partial charge in [-0.05, 0) is 7.05 Å². The van der Waals surface area contributed by atoms with E-state index in [4.69, 9.17) is 4.99 Å². The van der Waals surface area contributed by atoms with Gasteiger partial charge >= 0.3 is 177 Å². The van der Waals surface area contributed by atoms with Gasteiger partial charge in [0.1, 0.15) is 0 Å². The summed E-state index contributed by atoms with van der Waals surface area (Å²) >= 11 is -0.820. The summed E-state index contributed by atoms with van der Waals surface area (Å²) in [5.41, 5.74) is 7.68. The third-order valence-electron chi connectivity index (χ3n) is 6.71. The zero-order valence-electron chi connectivity index (χ0n) is 17.8. The maximum atomic E-state index is 13.6. The van der Waals surface area contributed by atoms with Crippen LogP contribution >= 0.6 is 0 Å². The van der Waals surface area contributed by atoms with Gasteiger partial charge in [0.25, 0.3) is 0 Å². The summed E-state index contributed by atoms with van der Waals surface area (Å²) in [7, 11) is 2.20. The number of fused-ring (bicyclic) bond motifs is 2. The van der Waals surface area contributed by atoms with E-state index in [1.165, 1.54) is 31.6 Å². The third-order valence-corrected chi connectivity index (χ3v) is 10.0. The van der Waals surface area contributed by atoms with Gasteiger partial charge in [0, 0.05) is 0 Å². The number of benzene rings is 2. The van der Waals surface area contributed by atoms with E-state index in [1.807, 2.05) is 6.07 Å². The van der Waals surface area contributed by atoms with Crippen LogP contribution in [-0.2, 0) is 6.42 Å². The zero-order chi connectivity index (χ0) is 20.7. The Balaban J connectivity index is 1.40. The Morgan fingerprint density at radius 1 is 1.10 bits per heavy atom. The molecule has 0 N–H and O–H groups in total. The Hall–Kier alpha value is -1.50. The summed E-state index contributed by atoms with van der Waals surface area (Å²) in [4.78, 5) is 10.1. The van der Waals surface area contributed by atoms with Crippen molar-refractivity contribution in [1.82, 2.24) is 9.80 Å². The second-order valence-electron chi connectivity index (χ2n) is 8.73. The molecule has 3 heterocycles. The van der Waals surface area contributed by atoms with Crippen molar-refractivity contribution in [2.75, 3.05) is 39.8 Å². The third kappa shape index (κ3) is 4.02. The van der Waals surface area contributed by atoms with Crippen LogP contribution in [0.5, 0.6) is 0 Å². The van der Waals surface area contributed by atoms with E-state index in [9.17, 15) is 4.39 Å². The van der Waals surface area contributed by atoms with Crippen LogP contribution in [0.25, 0.3) is 5.57 Å². The van der Waals surface area contributed by atoms with Crippen molar-refractivity contribution in [1.29, 1.82) is 0 Å². The number of hydrogen-bond donors (Lipinski definition) is 0. The first-order valence-electron chi connectivity index (χ1n) is 11.0. The van der Waals surface area contributed by atoms with Gasteiger partial charge < -0.3 is 4.90 Å². The molecule has 0 spiro atoms. The summed E-state index contributed by atoms with van der Waals surface area (Å²) in [6, 6.07) is 12.1. The molecule has 3 aliphatic heterocycles. The molecule has 1 saturated heterocycles. The fraction of sp³-hybridized carbons (Fsp3) is 0.400. The molecule has 1 unspecified atom stereocenters. The van der Waals surface area contributed by atoms with Crippen LogP contribution in [-0.4, -0.2) is 76.4 Å². The van der Waals surface area contributed by atoms with Gasteiger partial charge in [-0.1, -0.05) is 0 Å². The molecule has 0 amide bonds. The van der Waals surface area contributed by atoms with Gasteiger partial charge in [0.05, 0.1) is 0 Å². The SMILES string of the molecule is CCC1Cc2cc(C3=[CH][Sn][c]4cc(F)ccc43)ccc2N=C1CN1CCN(C)CC1. The molecule has 0 saturated carbocycles. The molecule has 5 rings (SSSR count). The molecule has 2 aromatic rings. The molecular formula is C25H28FN3Sn. The Morgan fingerprint density at radius 3 is 2.73 bits per heavy atom. The Kier molecular flexibility index (Phi) is 5.82. The number of halogens is 1. The summed E-state index contributed by atoms with van der Waals surface area (Å²) in [6.07, 6.45) is 2.21. The van der Waals surface area contributed by atoms with Crippen molar-refractivity contribution in [3.05, 3.63) is 63.0 Å². The summed E-state index contributed by atoms with van der Waals surface area (Å²) in [5, 5.41) is 0. The molecule has 0 aromatic heterocycles. The first-order valence-corrected chi connectivity index (χ1v) is 14.1. The van der Waals surface area contributed by atoms with E-state index in [-0.39, 0.29) is 5.82 Å². The van der Waals surface area contributed by atoms with Gasteiger partial charge in [-0.3, -0.25) is 0 Å². The van der Waals surface area contributed by atoms with E-state index in [2.05, 4.69) is 46.1 Å². The van der Waals surface area contributed by atoms with Crippen molar-refractivity contribution in [2.45, 2.75) is 19.8 Å². The van der Waals surface area contributed by atoms with Crippen LogP contribution in [0.1, 0.15) is 30.0 Å². The Labute approximate surface area is 188 Å². The maximum absolute atomic E-state index is 13.6. The summed E-state index contributed by atoms with van der Waals surface area (Å²) in [5.74, 6) is 0.422. The number of likely N-dealkylation sites (N-methyl/N-ethyl adjacent to an activating group) is 1. The van der Waals surface area contributed by atoms with E-state index in [0.29, 0.717) is 5.92 Å². The molecule has 154 valence electrons. The molecule has 30 heavy (non-hydrogen) atoms. The molecule has 5 heteroatoms. The average Bonchev–Trinajstić information content (AvgIpc) is 3.17. The van der Waals surface area contributed by atoms with Crippen LogP contribution in [0.2, 0.25) is 0 Å². The van der Waals surface area contributed by atoms with E-state index in [0.717, 1.165) is 51.3 Å². The molecule has 2 radical (unpaired) electrons. The van der Waals surface area contributed by atoms with Gasteiger partial charge in [-0.25, -0.2) is 0 Å². The van der Waals surface area contributed by atoms with Gasteiger partial charge in [-0.2, -0.15) is 0 Å². The predicted molar refractivity (Wildman–Crippen MR) is 124 cm³/mol. The van der Waals surface area contributed by atoms with Crippen LogP contribution in [0, 0.1) is 11.7 Å². The first-order chi connectivity index (χ1) is 14.6. The zero-order valence-corrected chi connectivity index (χ0v) is 20.6. The normalized spacial score (nSPS) is 21.8. The van der Waals surface area contributed by atoms with Crippen LogP contribution in [0.3, 0.4) is 0 Å². The Morgan fingerprint density at radius 2 is 1.93 bits per heavy atom. The van der Waals surface area contributed by atoms with Crippen molar-refractivity contribution >= 4 is 41.7 Å².